The van der Waals surface area contributed by atoms with Crippen LogP contribution in [-0.4, -0.2) is 11.6 Å². The van der Waals surface area contributed by atoms with Gasteiger partial charge in [0.05, 0.1) is 0 Å². The van der Waals surface area contributed by atoms with E-state index in [0.29, 0.717) is 0 Å². The van der Waals surface area contributed by atoms with Gasteiger partial charge in [-0.3, -0.25) is 9.59 Å². The van der Waals surface area contributed by atoms with Gasteiger partial charge in [0.1, 0.15) is 0 Å². The van der Waals surface area contributed by atoms with Crippen LogP contribution < -0.4 is 0 Å². The number of allylic oxidation sites excluding steroid dienone is 2. The molecule has 2 aliphatic carbocycles. The molecule has 9 heavy (non-hydrogen) atoms. The molecule has 0 aliphatic heterocycles. The Labute approximate surface area is 52.6 Å². The van der Waals surface area contributed by atoms with Crippen LogP contribution in [-0.2, 0) is 9.59 Å². The lowest BCUT2D eigenvalue weighted by Crippen LogP contribution is -2.15. The van der Waals surface area contributed by atoms with Gasteiger partial charge in [0.15, 0.2) is 0 Å². The number of rotatable bonds is 0. The molecular weight excluding hydrogens is 116 g/mol. The average Bonchev–Trinajstić information content (AvgIpc) is 2.37. The summed E-state index contributed by atoms with van der Waals surface area (Å²) in [5.74, 6) is -0.355. The van der Waals surface area contributed by atoms with Gasteiger partial charge < -0.3 is 0 Å². The van der Waals surface area contributed by atoms with Crippen LogP contribution in [0, 0.1) is 5.92 Å². The predicted octanol–water partition coefficient (Wildman–Crippen LogP) is 0.475. The number of carbonyl (C=O) groups is 2. The molecule has 2 rings (SSSR count). The van der Waals surface area contributed by atoms with E-state index in [1.54, 1.807) is 0 Å². The summed E-state index contributed by atoms with van der Waals surface area (Å²) in [7, 11) is 0. The molecule has 0 saturated heterocycles. The van der Waals surface area contributed by atoms with E-state index in [2.05, 4.69) is 0 Å². The van der Waals surface area contributed by atoms with E-state index in [1.807, 2.05) is 6.08 Å². The Morgan fingerprint density at radius 1 is 1.44 bits per heavy atom. The van der Waals surface area contributed by atoms with Crippen molar-refractivity contribution in [2.45, 2.75) is 12.8 Å². The first-order chi connectivity index (χ1) is 4.29. The number of carbonyl (C=O) groups excluding carboxylic acids is 2. The third kappa shape index (κ3) is 0.453. The number of hydrogen-bond donors (Lipinski definition) is 0. The van der Waals surface area contributed by atoms with E-state index in [4.69, 9.17) is 0 Å². The Balaban J connectivity index is 2.51. The second-order valence-electron chi connectivity index (χ2n) is 2.56. The lowest BCUT2D eigenvalue weighted by atomic mass is 10.0. The van der Waals surface area contributed by atoms with E-state index in [0.717, 1.165) is 18.4 Å². The van der Waals surface area contributed by atoms with Crippen molar-refractivity contribution in [1.82, 2.24) is 0 Å². The maximum absolute atomic E-state index is 10.8. The molecule has 0 amide bonds. The molecule has 1 fully saturated rings. The Morgan fingerprint density at radius 3 is 2.56 bits per heavy atom. The topological polar surface area (TPSA) is 34.1 Å². The van der Waals surface area contributed by atoms with Crippen LogP contribution in [0.4, 0.5) is 0 Å². The summed E-state index contributed by atoms with van der Waals surface area (Å²) < 4.78 is 0. The molecule has 2 heteroatoms. The van der Waals surface area contributed by atoms with Gasteiger partial charge in [-0.05, 0) is 12.8 Å². The molecule has 2 bridgehead atoms. The highest BCUT2D eigenvalue weighted by Crippen LogP contribution is 2.33. The molecule has 2 aliphatic rings. The standard InChI is InChI=1S/C7H6O2/c8-6-4-1-2-5(3-4)7(6)9/h1,5H,2-3H2. The van der Waals surface area contributed by atoms with Crippen molar-refractivity contribution >= 4 is 11.6 Å². The van der Waals surface area contributed by atoms with Crippen molar-refractivity contribution in [1.29, 1.82) is 0 Å². The van der Waals surface area contributed by atoms with Crippen molar-refractivity contribution in [3.8, 4) is 0 Å². The van der Waals surface area contributed by atoms with Crippen LogP contribution in [0.2, 0.25) is 0 Å². The molecule has 1 saturated carbocycles. The van der Waals surface area contributed by atoms with E-state index in [-0.39, 0.29) is 17.5 Å². The Kier molecular flexibility index (Phi) is 0.721. The highest BCUT2D eigenvalue weighted by Gasteiger charge is 2.39. The summed E-state index contributed by atoms with van der Waals surface area (Å²) in [6, 6.07) is 0. The second kappa shape index (κ2) is 1.32. The smallest absolute Gasteiger partial charge is 0.224 e. The van der Waals surface area contributed by atoms with Crippen molar-refractivity contribution in [3.05, 3.63) is 11.6 Å². The maximum atomic E-state index is 10.8. The molecular formula is C7H6O2. The maximum Gasteiger partial charge on any atom is 0.224 e. The fourth-order valence-corrected chi connectivity index (χ4v) is 1.45. The van der Waals surface area contributed by atoms with Crippen LogP contribution in [0.3, 0.4) is 0 Å². The van der Waals surface area contributed by atoms with Gasteiger partial charge >= 0.3 is 0 Å². The van der Waals surface area contributed by atoms with Crippen molar-refractivity contribution < 1.29 is 9.59 Å². The van der Waals surface area contributed by atoms with Crippen LogP contribution in [0.25, 0.3) is 0 Å². The number of fused-ring (bicyclic) bond motifs is 2. The van der Waals surface area contributed by atoms with Crippen LogP contribution >= 0.6 is 0 Å². The minimum Gasteiger partial charge on any atom is -0.290 e. The van der Waals surface area contributed by atoms with E-state index in [1.165, 1.54) is 0 Å². The van der Waals surface area contributed by atoms with Crippen LogP contribution in [0.1, 0.15) is 12.8 Å². The first kappa shape index (κ1) is 4.91. The fraction of sp³-hybridized carbons (Fsp3) is 0.429. The molecule has 1 atom stereocenters. The number of Topliss-reactive ketones (excluding diaryl/α,β-unsaturated/α-hetero) is 2. The van der Waals surface area contributed by atoms with Gasteiger partial charge in [0.25, 0.3) is 0 Å². The number of ketones is 2. The fourth-order valence-electron chi connectivity index (χ4n) is 1.45. The Morgan fingerprint density at radius 2 is 2.22 bits per heavy atom. The van der Waals surface area contributed by atoms with Crippen molar-refractivity contribution in [2.24, 2.45) is 5.92 Å². The van der Waals surface area contributed by atoms with Gasteiger partial charge in [-0.25, -0.2) is 0 Å². The molecule has 2 nitrogen and oxygen atoms in total. The molecule has 46 valence electrons. The monoisotopic (exact) mass is 122 g/mol. The lowest BCUT2D eigenvalue weighted by molar-refractivity contribution is -0.134. The molecule has 0 aromatic rings. The second-order valence-corrected chi connectivity index (χ2v) is 2.56. The SMILES string of the molecule is O=C1C(=O)C2CC=C1C2. The quantitative estimate of drug-likeness (QED) is 0.438. The molecule has 0 radical (unpaired) electrons. The summed E-state index contributed by atoms with van der Waals surface area (Å²) >= 11 is 0. The Bertz CT molecular complexity index is 225. The Hall–Kier alpha value is -0.920. The third-order valence-electron chi connectivity index (χ3n) is 2.00. The van der Waals surface area contributed by atoms with Crippen LogP contribution in [0.5, 0.6) is 0 Å². The van der Waals surface area contributed by atoms with E-state index >= 15 is 0 Å². The van der Waals surface area contributed by atoms with E-state index in [9.17, 15) is 9.59 Å². The zero-order valence-electron chi connectivity index (χ0n) is 4.89. The highest BCUT2D eigenvalue weighted by molar-refractivity contribution is 6.47. The number of hydrogen-bond acceptors (Lipinski definition) is 2. The lowest BCUT2D eigenvalue weighted by Gasteiger charge is -1.97. The summed E-state index contributed by atoms with van der Waals surface area (Å²) in [6.45, 7) is 0. The average molecular weight is 122 g/mol. The summed E-state index contributed by atoms with van der Waals surface area (Å²) in [5.41, 5.74) is 0.755. The van der Waals surface area contributed by atoms with Gasteiger partial charge in [-0.2, -0.15) is 0 Å². The minimum atomic E-state index is -0.230. The van der Waals surface area contributed by atoms with Crippen molar-refractivity contribution in [2.75, 3.05) is 0 Å². The molecule has 0 aromatic carbocycles. The minimum absolute atomic E-state index is 0.0347. The molecule has 0 aromatic heterocycles. The van der Waals surface area contributed by atoms with Gasteiger partial charge in [-0.1, -0.05) is 6.08 Å². The van der Waals surface area contributed by atoms with Crippen LogP contribution in [0.15, 0.2) is 11.6 Å². The highest BCUT2D eigenvalue weighted by atomic mass is 16.2. The summed E-state index contributed by atoms with van der Waals surface area (Å²) in [6.07, 6.45) is 3.41. The summed E-state index contributed by atoms with van der Waals surface area (Å²) in [4.78, 5) is 21.5. The molecule has 0 N–H and O–H groups in total. The zero-order chi connectivity index (χ0) is 6.43. The van der Waals surface area contributed by atoms with Gasteiger partial charge in [0.2, 0.25) is 11.6 Å². The largest absolute Gasteiger partial charge is 0.290 e. The first-order valence-electron chi connectivity index (χ1n) is 3.06. The van der Waals surface area contributed by atoms with Gasteiger partial charge in [-0.15, -0.1) is 0 Å². The van der Waals surface area contributed by atoms with E-state index < -0.39 is 0 Å². The summed E-state index contributed by atoms with van der Waals surface area (Å²) in [5, 5.41) is 0. The first-order valence-corrected chi connectivity index (χ1v) is 3.06. The van der Waals surface area contributed by atoms with Crippen molar-refractivity contribution in [3.63, 3.8) is 0 Å². The molecule has 0 heterocycles. The molecule has 0 spiro atoms. The zero-order valence-corrected chi connectivity index (χ0v) is 4.89. The third-order valence-corrected chi connectivity index (χ3v) is 2.00. The molecule has 1 unspecified atom stereocenters. The predicted molar refractivity (Wildman–Crippen MR) is 30.8 cm³/mol. The van der Waals surface area contributed by atoms with Gasteiger partial charge in [0, 0.05) is 11.5 Å². The normalized spacial score (nSPS) is 31.6.